The van der Waals surface area contributed by atoms with Crippen LogP contribution in [0.3, 0.4) is 0 Å². The smallest absolute Gasteiger partial charge is 0.370 e. The monoisotopic (exact) mass is 481 g/mol. The second-order valence-electron chi connectivity index (χ2n) is 9.46. The van der Waals surface area contributed by atoms with Crippen LogP contribution in [-0.4, -0.2) is 57.3 Å². The Morgan fingerprint density at radius 2 is 1.76 bits per heavy atom. The molecule has 1 spiro atoms. The molecule has 0 atom stereocenters. The Morgan fingerprint density at radius 3 is 2.44 bits per heavy atom. The largest absolute Gasteiger partial charge is 0.433 e. The molecule has 2 aliphatic heterocycles. The van der Waals surface area contributed by atoms with Gasteiger partial charge in [0.15, 0.2) is 5.65 Å². The number of hydrogen-bond acceptors (Lipinski definition) is 6. The average molecular weight is 481 g/mol. The van der Waals surface area contributed by atoms with E-state index < -0.39 is 24.8 Å². The number of fused-ring (bicyclic) bond motifs is 1. The lowest BCUT2D eigenvalue weighted by atomic mass is 9.78. The molecule has 0 N–H and O–H groups in total. The van der Waals surface area contributed by atoms with Gasteiger partial charge in [-0.2, -0.15) is 18.3 Å². The lowest BCUT2D eigenvalue weighted by Gasteiger charge is -2.50. The van der Waals surface area contributed by atoms with Crippen LogP contribution in [-0.2, 0) is 12.7 Å². The Kier molecular flexibility index (Phi) is 5.36. The number of halogens is 5. The van der Waals surface area contributed by atoms with E-state index in [2.05, 4.69) is 25.0 Å². The van der Waals surface area contributed by atoms with Gasteiger partial charge in [0.05, 0.1) is 12.4 Å². The molecule has 182 valence electrons. The minimum absolute atomic E-state index is 0.0431. The van der Waals surface area contributed by atoms with Gasteiger partial charge in [-0.15, -0.1) is 0 Å². The summed E-state index contributed by atoms with van der Waals surface area (Å²) < 4.78 is 66.6. The number of nitrogens with zero attached hydrogens (tertiary/aromatic N) is 7. The molecule has 0 unspecified atom stereocenters. The minimum Gasteiger partial charge on any atom is -0.370 e. The fourth-order valence-electron chi connectivity index (χ4n) is 4.91. The zero-order valence-electron chi connectivity index (χ0n) is 18.7. The van der Waals surface area contributed by atoms with Gasteiger partial charge in [-0.25, -0.2) is 23.4 Å². The Balaban J connectivity index is 1.33. The summed E-state index contributed by atoms with van der Waals surface area (Å²) in [7, 11) is 0. The summed E-state index contributed by atoms with van der Waals surface area (Å²) in [4.78, 5) is 16.5. The van der Waals surface area contributed by atoms with Crippen molar-refractivity contribution in [2.75, 3.05) is 36.0 Å². The van der Waals surface area contributed by atoms with Crippen molar-refractivity contribution in [1.29, 1.82) is 0 Å². The molecular formula is C22H24F5N7. The topological polar surface area (TPSA) is 63.0 Å². The zero-order valence-corrected chi connectivity index (χ0v) is 18.7. The Morgan fingerprint density at radius 1 is 1.03 bits per heavy atom. The van der Waals surface area contributed by atoms with Gasteiger partial charge in [0.2, 0.25) is 0 Å². The summed E-state index contributed by atoms with van der Waals surface area (Å²) in [6, 6.07) is 1.15. The van der Waals surface area contributed by atoms with Crippen molar-refractivity contribution >= 4 is 22.7 Å². The maximum absolute atomic E-state index is 13.3. The van der Waals surface area contributed by atoms with Crippen molar-refractivity contribution in [3.05, 3.63) is 35.9 Å². The van der Waals surface area contributed by atoms with Crippen molar-refractivity contribution in [2.24, 2.45) is 5.41 Å². The summed E-state index contributed by atoms with van der Waals surface area (Å²) in [6.07, 6.45) is -1.82. The van der Waals surface area contributed by atoms with E-state index in [9.17, 15) is 22.0 Å². The highest BCUT2D eigenvalue weighted by molar-refractivity contribution is 5.71. The highest BCUT2D eigenvalue weighted by Crippen LogP contribution is 2.45. The Labute approximate surface area is 192 Å². The van der Waals surface area contributed by atoms with Crippen molar-refractivity contribution in [3.8, 4) is 0 Å². The first-order valence-corrected chi connectivity index (χ1v) is 11.1. The molecule has 7 nitrogen and oxygen atoms in total. The van der Waals surface area contributed by atoms with Crippen LogP contribution in [0.25, 0.3) is 11.2 Å². The fraction of sp³-hybridized carbons (Fsp3) is 0.545. The molecule has 12 heteroatoms. The van der Waals surface area contributed by atoms with Gasteiger partial charge in [-0.1, -0.05) is 13.8 Å². The minimum atomic E-state index is -4.49. The van der Waals surface area contributed by atoms with Gasteiger partial charge < -0.3 is 9.80 Å². The van der Waals surface area contributed by atoms with Crippen LogP contribution in [0.2, 0.25) is 0 Å². The molecule has 0 amide bonds. The first kappa shape index (κ1) is 22.7. The fourth-order valence-corrected chi connectivity index (χ4v) is 4.91. The molecule has 0 bridgehead atoms. The predicted octanol–water partition coefficient (Wildman–Crippen LogP) is 4.35. The Bertz CT molecular complexity index is 1200. The summed E-state index contributed by atoms with van der Waals surface area (Å²) in [5.41, 5.74) is 1.18. The highest BCUT2D eigenvalue weighted by atomic mass is 19.4. The molecule has 34 heavy (non-hydrogen) atoms. The molecule has 0 radical (unpaired) electrons. The predicted molar refractivity (Wildman–Crippen MR) is 116 cm³/mol. The van der Waals surface area contributed by atoms with Crippen molar-refractivity contribution < 1.29 is 22.0 Å². The van der Waals surface area contributed by atoms with E-state index in [0.717, 1.165) is 22.7 Å². The summed E-state index contributed by atoms with van der Waals surface area (Å²) in [5, 5.41) is 3.95. The number of aromatic nitrogens is 5. The highest BCUT2D eigenvalue weighted by Gasteiger charge is 2.49. The molecule has 0 aromatic carbocycles. The number of rotatable bonds is 5. The molecule has 3 aromatic heterocycles. The van der Waals surface area contributed by atoms with Gasteiger partial charge >= 0.3 is 6.18 Å². The van der Waals surface area contributed by atoms with Crippen LogP contribution in [0.1, 0.15) is 37.4 Å². The first-order chi connectivity index (χ1) is 16.0. The third-order valence-electron chi connectivity index (χ3n) is 6.62. The van der Waals surface area contributed by atoms with E-state index in [-0.39, 0.29) is 11.3 Å². The van der Waals surface area contributed by atoms with Crippen molar-refractivity contribution in [3.63, 3.8) is 0 Å². The molecule has 0 saturated carbocycles. The van der Waals surface area contributed by atoms with E-state index in [4.69, 9.17) is 0 Å². The van der Waals surface area contributed by atoms with E-state index in [1.165, 1.54) is 12.4 Å². The maximum Gasteiger partial charge on any atom is 0.433 e. The molecule has 2 fully saturated rings. The lowest BCUT2D eigenvalue weighted by Crippen LogP contribution is -2.58. The van der Waals surface area contributed by atoms with Crippen LogP contribution in [0.4, 0.5) is 33.5 Å². The molecule has 0 aliphatic carbocycles. The van der Waals surface area contributed by atoms with E-state index in [1.807, 2.05) is 18.7 Å². The molecule has 3 aromatic rings. The quantitative estimate of drug-likeness (QED) is 0.505. The van der Waals surface area contributed by atoms with Gasteiger partial charge in [0.25, 0.3) is 6.43 Å². The van der Waals surface area contributed by atoms with Gasteiger partial charge in [-0.05, 0) is 24.0 Å². The number of hydrogen-bond donors (Lipinski definition) is 0. The van der Waals surface area contributed by atoms with Crippen molar-refractivity contribution in [1.82, 2.24) is 24.7 Å². The molecule has 2 aliphatic rings. The van der Waals surface area contributed by atoms with Crippen LogP contribution < -0.4 is 9.80 Å². The van der Waals surface area contributed by atoms with E-state index >= 15 is 0 Å². The molecule has 5 rings (SSSR count). The second-order valence-corrected chi connectivity index (χ2v) is 9.46. The normalized spacial score (nSPS) is 18.0. The number of pyridine rings is 1. The van der Waals surface area contributed by atoms with E-state index in [1.54, 1.807) is 6.20 Å². The third-order valence-corrected chi connectivity index (χ3v) is 6.62. The summed E-state index contributed by atoms with van der Waals surface area (Å²) in [5.74, 6) is 0.631. The van der Waals surface area contributed by atoms with Crippen molar-refractivity contribution in [2.45, 2.75) is 45.3 Å². The standard InChI is InChI=1S/C22H24F5N7/c1-13(2)14-6-29-17(22(25,26)27)5-16(14)33-11-21(12-33)3-4-32(10-21)19-8-28-15-7-30-34(9-18(23)24)20(15)31-19/h5-8,13,18H,3-4,9-12H2,1-2H3. The summed E-state index contributed by atoms with van der Waals surface area (Å²) in [6.45, 7) is 5.96. The zero-order chi connectivity index (χ0) is 24.3. The van der Waals surface area contributed by atoms with Gasteiger partial charge in [-0.3, -0.25) is 4.98 Å². The first-order valence-electron chi connectivity index (χ1n) is 11.1. The van der Waals surface area contributed by atoms with Crippen LogP contribution in [0.5, 0.6) is 0 Å². The Hall–Kier alpha value is -3.05. The SMILES string of the molecule is CC(C)c1cnc(C(F)(F)F)cc1N1CC2(CCN(c3cnc4cnn(CC(F)F)c4n3)C2)C1. The van der Waals surface area contributed by atoms with Gasteiger partial charge in [0, 0.05) is 43.5 Å². The van der Waals surface area contributed by atoms with Crippen LogP contribution in [0, 0.1) is 5.41 Å². The second kappa shape index (κ2) is 8.02. The third kappa shape index (κ3) is 4.03. The number of alkyl halides is 5. The summed E-state index contributed by atoms with van der Waals surface area (Å²) >= 11 is 0. The number of anilines is 2. The lowest BCUT2D eigenvalue weighted by molar-refractivity contribution is -0.141. The maximum atomic E-state index is 13.3. The molecule has 5 heterocycles. The van der Waals surface area contributed by atoms with Crippen LogP contribution in [0.15, 0.2) is 24.7 Å². The molecular weight excluding hydrogens is 457 g/mol. The van der Waals surface area contributed by atoms with Gasteiger partial charge in [0.1, 0.15) is 23.6 Å². The molecule has 2 saturated heterocycles. The average Bonchev–Trinajstić information content (AvgIpc) is 3.36. The van der Waals surface area contributed by atoms with E-state index in [0.29, 0.717) is 48.8 Å². The van der Waals surface area contributed by atoms with Crippen LogP contribution >= 0.6 is 0 Å².